The maximum Gasteiger partial charge on any atom is 0.242 e. The van der Waals surface area contributed by atoms with Crippen molar-refractivity contribution in [3.05, 3.63) is 95.7 Å². The molecule has 7 heteroatoms. The predicted molar refractivity (Wildman–Crippen MR) is 166 cm³/mol. The number of amides is 2. The summed E-state index contributed by atoms with van der Waals surface area (Å²) in [6.45, 7) is 5.72. The first-order valence-electron chi connectivity index (χ1n) is 14.7. The number of benzene rings is 3. The molecule has 7 nitrogen and oxygen atoms in total. The van der Waals surface area contributed by atoms with Gasteiger partial charge in [-0.3, -0.25) is 9.59 Å². The standard InChI is InChI=1S/C35H41N3O4/c1-24(2)21-38(35(40)30-19-29(30)26-10-6-5-7-11-26)23-34(39)37(22-25-14-15-32(41-3)33(18-25)42-4)17-16-27-20-36-31-13-9-8-12-28(27)31/h5-15,18,20,24,29-30,36H,16-17,19,21-23H2,1-4H3. The number of H-pyrrole nitrogens is 1. The molecule has 1 aliphatic rings. The van der Waals surface area contributed by atoms with Crippen LogP contribution in [-0.4, -0.2) is 60.5 Å². The van der Waals surface area contributed by atoms with Crippen molar-refractivity contribution in [3.8, 4) is 11.5 Å². The Morgan fingerprint density at radius 2 is 1.67 bits per heavy atom. The molecule has 0 saturated heterocycles. The first-order valence-corrected chi connectivity index (χ1v) is 14.7. The summed E-state index contributed by atoms with van der Waals surface area (Å²) in [6.07, 6.45) is 3.55. The summed E-state index contributed by atoms with van der Waals surface area (Å²) >= 11 is 0. The van der Waals surface area contributed by atoms with Crippen molar-refractivity contribution >= 4 is 22.7 Å². The first kappa shape index (κ1) is 29.2. The first-order chi connectivity index (χ1) is 20.4. The number of rotatable bonds is 13. The number of hydrogen-bond donors (Lipinski definition) is 1. The summed E-state index contributed by atoms with van der Waals surface area (Å²) < 4.78 is 10.9. The van der Waals surface area contributed by atoms with Gasteiger partial charge >= 0.3 is 0 Å². The molecular formula is C35H41N3O4. The molecule has 1 fully saturated rings. The van der Waals surface area contributed by atoms with Crippen molar-refractivity contribution in [2.24, 2.45) is 11.8 Å². The van der Waals surface area contributed by atoms with Crippen LogP contribution in [0, 0.1) is 11.8 Å². The lowest BCUT2D eigenvalue weighted by Crippen LogP contribution is -2.45. The monoisotopic (exact) mass is 567 g/mol. The molecule has 2 amide bonds. The van der Waals surface area contributed by atoms with Gasteiger partial charge in [-0.2, -0.15) is 0 Å². The number of hydrogen-bond acceptors (Lipinski definition) is 4. The molecule has 0 aliphatic heterocycles. The SMILES string of the molecule is COc1ccc(CN(CCc2c[nH]c3ccccc23)C(=O)CN(CC(C)C)C(=O)C2CC2c2ccccc2)cc1OC. The van der Waals surface area contributed by atoms with Crippen LogP contribution in [0.2, 0.25) is 0 Å². The van der Waals surface area contributed by atoms with E-state index < -0.39 is 0 Å². The molecule has 1 aliphatic carbocycles. The molecule has 42 heavy (non-hydrogen) atoms. The molecule has 0 spiro atoms. The fourth-order valence-corrected chi connectivity index (χ4v) is 5.79. The van der Waals surface area contributed by atoms with Gasteiger partial charge in [0.25, 0.3) is 0 Å². The van der Waals surface area contributed by atoms with Crippen molar-refractivity contribution in [2.45, 2.75) is 39.2 Å². The lowest BCUT2D eigenvalue weighted by Gasteiger charge is -2.29. The zero-order chi connectivity index (χ0) is 29.6. The van der Waals surface area contributed by atoms with E-state index in [4.69, 9.17) is 9.47 Å². The molecule has 0 radical (unpaired) electrons. The van der Waals surface area contributed by atoms with Gasteiger partial charge in [0.1, 0.15) is 0 Å². The minimum Gasteiger partial charge on any atom is -0.493 e. The van der Waals surface area contributed by atoms with Gasteiger partial charge in [-0.25, -0.2) is 0 Å². The number of aromatic amines is 1. The van der Waals surface area contributed by atoms with E-state index in [2.05, 4.69) is 43.1 Å². The van der Waals surface area contributed by atoms with Crippen molar-refractivity contribution in [1.29, 1.82) is 0 Å². The molecular weight excluding hydrogens is 526 g/mol. The average Bonchev–Trinajstić information content (AvgIpc) is 3.71. The number of ether oxygens (including phenoxy) is 2. The lowest BCUT2D eigenvalue weighted by atomic mass is 10.1. The van der Waals surface area contributed by atoms with Crippen LogP contribution in [0.5, 0.6) is 11.5 Å². The normalized spacial score (nSPS) is 15.9. The van der Waals surface area contributed by atoms with Crippen molar-refractivity contribution in [2.75, 3.05) is 33.9 Å². The van der Waals surface area contributed by atoms with Crippen LogP contribution in [0.4, 0.5) is 0 Å². The zero-order valence-corrected chi connectivity index (χ0v) is 25.0. The second-order valence-corrected chi connectivity index (χ2v) is 11.6. The Hall–Kier alpha value is -4.26. The van der Waals surface area contributed by atoms with Crippen LogP contribution in [0.25, 0.3) is 10.9 Å². The highest BCUT2D eigenvalue weighted by atomic mass is 16.5. The number of carbonyl (C=O) groups excluding carboxylic acids is 2. The fraction of sp³-hybridized carbons (Fsp3) is 0.371. The number of nitrogens with zero attached hydrogens (tertiary/aromatic N) is 2. The van der Waals surface area contributed by atoms with Gasteiger partial charge in [0.15, 0.2) is 11.5 Å². The maximum atomic E-state index is 14.0. The van der Waals surface area contributed by atoms with Gasteiger partial charge in [-0.1, -0.05) is 68.4 Å². The minimum absolute atomic E-state index is 0.0597. The number of methoxy groups -OCH3 is 2. The smallest absolute Gasteiger partial charge is 0.242 e. The van der Waals surface area contributed by atoms with E-state index >= 15 is 0 Å². The molecule has 1 saturated carbocycles. The third-order valence-electron chi connectivity index (χ3n) is 8.06. The number of nitrogens with one attached hydrogen (secondary N) is 1. The minimum atomic E-state index is -0.0653. The van der Waals surface area contributed by atoms with E-state index in [1.165, 1.54) is 5.56 Å². The van der Waals surface area contributed by atoms with E-state index in [0.717, 1.165) is 28.5 Å². The van der Waals surface area contributed by atoms with Gasteiger partial charge in [-0.05, 0) is 59.6 Å². The summed E-state index contributed by atoms with van der Waals surface area (Å²) in [4.78, 5) is 34.7. The van der Waals surface area contributed by atoms with Crippen LogP contribution in [-0.2, 0) is 22.6 Å². The molecule has 5 rings (SSSR count). The fourth-order valence-electron chi connectivity index (χ4n) is 5.79. The highest BCUT2D eigenvalue weighted by Crippen LogP contribution is 2.48. The second kappa shape index (κ2) is 13.1. The van der Waals surface area contributed by atoms with Gasteiger partial charge in [0.2, 0.25) is 11.8 Å². The topological polar surface area (TPSA) is 74.9 Å². The van der Waals surface area contributed by atoms with Gasteiger partial charge < -0.3 is 24.3 Å². The highest BCUT2D eigenvalue weighted by Gasteiger charge is 2.46. The Morgan fingerprint density at radius 3 is 2.40 bits per heavy atom. The Bertz CT molecular complexity index is 1510. The molecule has 3 aromatic carbocycles. The van der Waals surface area contributed by atoms with Crippen LogP contribution < -0.4 is 9.47 Å². The number of para-hydroxylation sites is 1. The molecule has 220 valence electrons. The Kier molecular flexibility index (Phi) is 9.15. The third kappa shape index (κ3) is 6.78. The largest absolute Gasteiger partial charge is 0.493 e. The lowest BCUT2D eigenvalue weighted by molar-refractivity contribution is -0.142. The van der Waals surface area contributed by atoms with E-state index in [1.807, 2.05) is 59.6 Å². The van der Waals surface area contributed by atoms with E-state index in [1.54, 1.807) is 19.1 Å². The summed E-state index contributed by atoms with van der Waals surface area (Å²) in [6, 6.07) is 24.1. The molecule has 2 atom stereocenters. The number of aromatic nitrogens is 1. The summed E-state index contributed by atoms with van der Waals surface area (Å²) in [5.74, 6) is 1.70. The summed E-state index contributed by atoms with van der Waals surface area (Å²) in [5.41, 5.74) is 4.37. The summed E-state index contributed by atoms with van der Waals surface area (Å²) in [7, 11) is 3.22. The highest BCUT2D eigenvalue weighted by molar-refractivity contribution is 5.88. The predicted octanol–water partition coefficient (Wildman–Crippen LogP) is 6.04. The van der Waals surface area contributed by atoms with Crippen molar-refractivity contribution in [1.82, 2.24) is 14.8 Å². The average molecular weight is 568 g/mol. The maximum absolute atomic E-state index is 14.0. The van der Waals surface area contributed by atoms with E-state index in [-0.39, 0.29) is 36.1 Å². The van der Waals surface area contributed by atoms with Gasteiger partial charge in [-0.15, -0.1) is 0 Å². The molecule has 1 N–H and O–H groups in total. The van der Waals surface area contributed by atoms with Crippen molar-refractivity contribution in [3.63, 3.8) is 0 Å². The Morgan fingerprint density at radius 1 is 0.929 bits per heavy atom. The number of carbonyl (C=O) groups is 2. The Balaban J connectivity index is 1.35. The second-order valence-electron chi connectivity index (χ2n) is 11.6. The summed E-state index contributed by atoms with van der Waals surface area (Å²) in [5, 5.41) is 1.16. The zero-order valence-electron chi connectivity index (χ0n) is 25.0. The third-order valence-corrected chi connectivity index (χ3v) is 8.06. The molecule has 4 aromatic rings. The molecule has 2 unspecified atom stereocenters. The van der Waals surface area contributed by atoms with E-state index in [0.29, 0.717) is 37.6 Å². The van der Waals surface area contributed by atoms with Crippen LogP contribution in [0.3, 0.4) is 0 Å². The van der Waals surface area contributed by atoms with Crippen LogP contribution in [0.15, 0.2) is 79.0 Å². The van der Waals surface area contributed by atoms with Gasteiger partial charge in [0, 0.05) is 42.7 Å². The van der Waals surface area contributed by atoms with Crippen molar-refractivity contribution < 1.29 is 19.1 Å². The molecule has 0 bridgehead atoms. The van der Waals surface area contributed by atoms with Crippen LogP contribution >= 0.6 is 0 Å². The van der Waals surface area contributed by atoms with Crippen LogP contribution in [0.1, 0.15) is 42.9 Å². The van der Waals surface area contributed by atoms with Gasteiger partial charge in [0.05, 0.1) is 20.8 Å². The van der Waals surface area contributed by atoms with E-state index in [9.17, 15) is 9.59 Å². The number of fused-ring (bicyclic) bond motifs is 1. The molecule has 1 heterocycles. The Labute approximate surface area is 248 Å². The quantitative estimate of drug-likeness (QED) is 0.214. The molecule has 1 aromatic heterocycles.